The van der Waals surface area contributed by atoms with Gasteiger partial charge in [0.1, 0.15) is 0 Å². The molecule has 0 aliphatic carbocycles. The zero-order chi connectivity index (χ0) is 9.10. The summed E-state index contributed by atoms with van der Waals surface area (Å²) in [6.45, 7) is 0. The van der Waals surface area contributed by atoms with E-state index in [4.69, 9.17) is 0 Å². The lowest BCUT2D eigenvalue weighted by Gasteiger charge is -2.02. The van der Waals surface area contributed by atoms with Crippen molar-refractivity contribution in [1.82, 2.24) is 4.98 Å². The Morgan fingerprint density at radius 3 is 2.85 bits per heavy atom. The summed E-state index contributed by atoms with van der Waals surface area (Å²) in [6.07, 6.45) is 2.82. The van der Waals surface area contributed by atoms with Crippen molar-refractivity contribution in [2.45, 2.75) is 6.42 Å². The predicted molar refractivity (Wildman–Crippen MR) is 59.3 cm³/mol. The highest BCUT2D eigenvalue weighted by atomic mass is 32.1. The summed E-state index contributed by atoms with van der Waals surface area (Å²) >= 11 is 4.23. The minimum Gasteiger partial charge on any atom is -0.256 e. The molecule has 1 heterocycles. The number of hydrogen-bond acceptors (Lipinski definition) is 2. The van der Waals surface area contributed by atoms with Gasteiger partial charge in [0.2, 0.25) is 0 Å². The van der Waals surface area contributed by atoms with Crippen LogP contribution in [0.15, 0.2) is 36.5 Å². The van der Waals surface area contributed by atoms with Crippen molar-refractivity contribution in [1.29, 1.82) is 0 Å². The van der Waals surface area contributed by atoms with Crippen molar-refractivity contribution in [3.05, 3.63) is 42.1 Å². The molecule has 0 atom stereocenters. The second kappa shape index (κ2) is 3.79. The average Bonchev–Trinajstić information content (AvgIpc) is 2.19. The van der Waals surface area contributed by atoms with Crippen LogP contribution < -0.4 is 0 Å². The molecule has 0 bridgehead atoms. The van der Waals surface area contributed by atoms with Gasteiger partial charge in [-0.05, 0) is 23.8 Å². The van der Waals surface area contributed by atoms with Crippen LogP contribution in [0, 0.1) is 0 Å². The van der Waals surface area contributed by atoms with Crippen molar-refractivity contribution in [3.63, 3.8) is 0 Å². The van der Waals surface area contributed by atoms with E-state index in [1.807, 2.05) is 12.3 Å². The van der Waals surface area contributed by atoms with Crippen molar-refractivity contribution in [2.75, 3.05) is 5.75 Å². The smallest absolute Gasteiger partial charge is 0.0734 e. The number of thiol groups is 1. The largest absolute Gasteiger partial charge is 0.256 e. The van der Waals surface area contributed by atoms with E-state index in [1.165, 1.54) is 10.9 Å². The molecule has 0 saturated carbocycles. The van der Waals surface area contributed by atoms with Crippen LogP contribution in [0.2, 0.25) is 0 Å². The van der Waals surface area contributed by atoms with E-state index in [2.05, 4.69) is 41.9 Å². The van der Waals surface area contributed by atoms with E-state index in [0.717, 1.165) is 17.7 Å². The van der Waals surface area contributed by atoms with Crippen LogP contribution in [-0.2, 0) is 6.42 Å². The molecule has 0 unspecified atom stereocenters. The Kier molecular flexibility index (Phi) is 2.50. The van der Waals surface area contributed by atoms with Gasteiger partial charge in [-0.3, -0.25) is 4.98 Å². The molecule has 66 valence electrons. The van der Waals surface area contributed by atoms with Gasteiger partial charge < -0.3 is 0 Å². The average molecular weight is 189 g/mol. The van der Waals surface area contributed by atoms with E-state index < -0.39 is 0 Å². The first-order valence-electron chi connectivity index (χ1n) is 4.35. The molecule has 0 aliphatic heterocycles. The first kappa shape index (κ1) is 8.57. The minimum atomic E-state index is 0.871. The summed E-state index contributed by atoms with van der Waals surface area (Å²) in [5, 5.41) is 1.21. The van der Waals surface area contributed by atoms with Crippen LogP contribution >= 0.6 is 12.6 Å². The van der Waals surface area contributed by atoms with Crippen LogP contribution in [0.25, 0.3) is 10.9 Å². The number of rotatable bonds is 2. The molecule has 2 heteroatoms. The third kappa shape index (κ3) is 1.68. The second-order valence-electron chi connectivity index (χ2n) is 2.97. The SMILES string of the molecule is SCCc1cccc2cccnc12. The molecule has 2 aromatic rings. The molecule has 0 amide bonds. The van der Waals surface area contributed by atoms with E-state index >= 15 is 0 Å². The van der Waals surface area contributed by atoms with Crippen LogP contribution in [-0.4, -0.2) is 10.7 Å². The van der Waals surface area contributed by atoms with Gasteiger partial charge in [-0.25, -0.2) is 0 Å². The maximum Gasteiger partial charge on any atom is 0.0734 e. The summed E-state index contributed by atoms with van der Waals surface area (Å²) in [7, 11) is 0. The fourth-order valence-corrected chi connectivity index (χ4v) is 1.73. The molecule has 0 N–H and O–H groups in total. The maximum atomic E-state index is 4.37. The monoisotopic (exact) mass is 189 g/mol. The Bertz CT molecular complexity index is 406. The third-order valence-electron chi connectivity index (χ3n) is 2.10. The lowest BCUT2D eigenvalue weighted by molar-refractivity contribution is 1.17. The highest BCUT2D eigenvalue weighted by Crippen LogP contribution is 2.16. The van der Waals surface area contributed by atoms with Gasteiger partial charge in [0, 0.05) is 11.6 Å². The van der Waals surface area contributed by atoms with Crippen molar-refractivity contribution in [2.24, 2.45) is 0 Å². The molecule has 0 spiro atoms. The van der Waals surface area contributed by atoms with Gasteiger partial charge in [0.15, 0.2) is 0 Å². The Balaban J connectivity index is 2.61. The van der Waals surface area contributed by atoms with Gasteiger partial charge in [-0.1, -0.05) is 24.3 Å². The summed E-state index contributed by atoms with van der Waals surface area (Å²) in [4.78, 5) is 4.37. The normalized spacial score (nSPS) is 10.5. The van der Waals surface area contributed by atoms with E-state index in [0.29, 0.717) is 0 Å². The van der Waals surface area contributed by atoms with Crippen molar-refractivity contribution >= 4 is 23.5 Å². The zero-order valence-corrected chi connectivity index (χ0v) is 8.17. The van der Waals surface area contributed by atoms with Crippen molar-refractivity contribution < 1.29 is 0 Å². The standard InChI is InChI=1S/C11H11NS/c13-8-6-10-4-1-3-9-5-2-7-12-11(9)10/h1-5,7,13H,6,8H2. The zero-order valence-electron chi connectivity index (χ0n) is 7.27. The quantitative estimate of drug-likeness (QED) is 0.717. The van der Waals surface area contributed by atoms with Crippen molar-refractivity contribution in [3.8, 4) is 0 Å². The van der Waals surface area contributed by atoms with Crippen LogP contribution in [0.1, 0.15) is 5.56 Å². The fraction of sp³-hybridized carbons (Fsp3) is 0.182. The molecule has 1 aromatic carbocycles. The van der Waals surface area contributed by atoms with E-state index in [1.54, 1.807) is 0 Å². The molecular weight excluding hydrogens is 178 g/mol. The number of benzene rings is 1. The second-order valence-corrected chi connectivity index (χ2v) is 3.41. The number of aromatic nitrogens is 1. The molecule has 13 heavy (non-hydrogen) atoms. The van der Waals surface area contributed by atoms with Crippen LogP contribution in [0.4, 0.5) is 0 Å². The maximum absolute atomic E-state index is 4.37. The molecule has 2 rings (SSSR count). The summed E-state index contributed by atoms with van der Waals surface area (Å²) < 4.78 is 0. The molecule has 0 saturated heterocycles. The highest BCUT2D eigenvalue weighted by Gasteiger charge is 1.99. The minimum absolute atomic E-state index is 0.871. The first-order chi connectivity index (χ1) is 6.42. The summed E-state index contributed by atoms with van der Waals surface area (Å²) in [5.41, 5.74) is 2.40. The molecule has 0 aliphatic rings. The fourth-order valence-electron chi connectivity index (χ4n) is 1.49. The third-order valence-corrected chi connectivity index (χ3v) is 2.32. The molecule has 0 radical (unpaired) electrons. The van der Waals surface area contributed by atoms with Gasteiger partial charge in [0.25, 0.3) is 0 Å². The number of aryl methyl sites for hydroxylation is 1. The summed E-state index contributed by atoms with van der Waals surface area (Å²) in [6, 6.07) is 10.3. The lowest BCUT2D eigenvalue weighted by atomic mass is 10.1. The van der Waals surface area contributed by atoms with Crippen LogP contribution in [0.3, 0.4) is 0 Å². The number of pyridine rings is 1. The Morgan fingerprint density at radius 1 is 1.15 bits per heavy atom. The highest BCUT2D eigenvalue weighted by molar-refractivity contribution is 7.80. The molecule has 1 nitrogen and oxygen atoms in total. The number of hydrogen-bond donors (Lipinski definition) is 1. The molecular formula is C11H11NS. The van der Waals surface area contributed by atoms with Gasteiger partial charge in [0.05, 0.1) is 5.52 Å². The predicted octanol–water partition coefficient (Wildman–Crippen LogP) is 2.71. The first-order valence-corrected chi connectivity index (χ1v) is 4.98. The summed E-state index contributed by atoms with van der Waals surface area (Å²) in [5.74, 6) is 0.871. The van der Waals surface area contributed by atoms with Gasteiger partial charge in [-0.15, -0.1) is 0 Å². The Morgan fingerprint density at radius 2 is 2.00 bits per heavy atom. The van der Waals surface area contributed by atoms with Crippen LogP contribution in [0.5, 0.6) is 0 Å². The number of fused-ring (bicyclic) bond motifs is 1. The van der Waals surface area contributed by atoms with E-state index in [-0.39, 0.29) is 0 Å². The molecule has 0 fully saturated rings. The number of nitrogens with zero attached hydrogens (tertiary/aromatic N) is 1. The Hall–Kier alpha value is -1.02. The van der Waals surface area contributed by atoms with Gasteiger partial charge in [-0.2, -0.15) is 12.6 Å². The van der Waals surface area contributed by atoms with E-state index in [9.17, 15) is 0 Å². The topological polar surface area (TPSA) is 12.9 Å². The Labute approximate surface area is 83.2 Å². The molecule has 1 aromatic heterocycles. The number of para-hydroxylation sites is 1. The lowest BCUT2D eigenvalue weighted by Crippen LogP contribution is -1.89. The van der Waals surface area contributed by atoms with Gasteiger partial charge >= 0.3 is 0 Å².